The van der Waals surface area contributed by atoms with Crippen LogP contribution in [-0.4, -0.2) is 43.5 Å². The van der Waals surface area contributed by atoms with Crippen molar-refractivity contribution >= 4 is 28.9 Å². The van der Waals surface area contributed by atoms with Crippen LogP contribution >= 0.6 is 0 Å². The lowest BCUT2D eigenvalue weighted by molar-refractivity contribution is 0.0398. The second-order valence-corrected chi connectivity index (χ2v) is 5.83. The van der Waals surface area contributed by atoms with Gasteiger partial charge in [0.2, 0.25) is 5.95 Å². The van der Waals surface area contributed by atoms with E-state index >= 15 is 0 Å². The Labute approximate surface area is 115 Å². The lowest BCUT2D eigenvalue weighted by atomic mass is 9.90. The number of fused-ring (bicyclic) bond motifs is 2. The Morgan fingerprint density at radius 1 is 1.50 bits per heavy atom. The molecule has 20 heavy (non-hydrogen) atoms. The van der Waals surface area contributed by atoms with Crippen LogP contribution < -0.4 is 10.6 Å². The average molecular weight is 272 g/mol. The largest absolute Gasteiger partial charge is 0.388 e. The van der Waals surface area contributed by atoms with E-state index in [1.165, 1.54) is 0 Å². The molecule has 2 aliphatic heterocycles. The van der Waals surface area contributed by atoms with Gasteiger partial charge in [0.15, 0.2) is 5.65 Å². The van der Waals surface area contributed by atoms with E-state index in [9.17, 15) is 5.11 Å². The minimum atomic E-state index is -0.718. The van der Waals surface area contributed by atoms with Crippen molar-refractivity contribution in [1.29, 1.82) is 0 Å². The summed E-state index contributed by atoms with van der Waals surface area (Å²) >= 11 is 0. The third kappa shape index (κ3) is 1.59. The van der Waals surface area contributed by atoms with Crippen LogP contribution in [0.15, 0.2) is 6.08 Å². The number of anilines is 2. The molecular weight excluding hydrogens is 256 g/mol. The van der Waals surface area contributed by atoms with Crippen LogP contribution in [0.1, 0.15) is 25.5 Å². The Bertz CT molecular complexity index is 719. The maximum absolute atomic E-state index is 10.4. The van der Waals surface area contributed by atoms with Gasteiger partial charge >= 0.3 is 0 Å². The van der Waals surface area contributed by atoms with Crippen LogP contribution in [0.3, 0.4) is 0 Å². The van der Waals surface area contributed by atoms with Gasteiger partial charge in [0.1, 0.15) is 5.82 Å². The minimum Gasteiger partial charge on any atom is -0.388 e. The first-order valence-corrected chi connectivity index (χ1v) is 6.72. The number of aliphatic hydroxyl groups is 1. The standard InChI is InChI=1S/C13H16N6O/c1-13(20)5-4-7-2-3-8-9-10(18-17-8)15-12(14)16-11(9)19(7)6-13/h2-3,7,20H,4-6H2,1H3,(H3,14,15,16,17,18)/t7?,13-/m0/s1. The zero-order valence-corrected chi connectivity index (χ0v) is 11.2. The predicted molar refractivity (Wildman–Crippen MR) is 76.1 cm³/mol. The van der Waals surface area contributed by atoms with Crippen molar-refractivity contribution in [3.05, 3.63) is 11.8 Å². The third-order valence-electron chi connectivity index (χ3n) is 4.09. The summed E-state index contributed by atoms with van der Waals surface area (Å²) < 4.78 is 0. The molecule has 0 saturated carbocycles. The summed E-state index contributed by atoms with van der Waals surface area (Å²) in [4.78, 5) is 10.7. The van der Waals surface area contributed by atoms with Crippen LogP contribution in [0.2, 0.25) is 0 Å². The number of hydrogen-bond donors (Lipinski definition) is 3. The van der Waals surface area contributed by atoms with Crippen LogP contribution in [0.25, 0.3) is 17.1 Å². The number of nitrogens with two attached hydrogens (primary N) is 1. The zero-order chi connectivity index (χ0) is 13.9. The highest BCUT2D eigenvalue weighted by molar-refractivity contribution is 5.95. The Morgan fingerprint density at radius 3 is 3.20 bits per heavy atom. The van der Waals surface area contributed by atoms with E-state index < -0.39 is 5.60 Å². The molecule has 1 fully saturated rings. The van der Waals surface area contributed by atoms with E-state index in [0.717, 1.165) is 29.7 Å². The molecule has 4 rings (SSSR count). The summed E-state index contributed by atoms with van der Waals surface area (Å²) in [7, 11) is 0. The molecule has 7 nitrogen and oxygen atoms in total. The normalized spacial score (nSPS) is 28.5. The first-order valence-electron chi connectivity index (χ1n) is 6.72. The highest BCUT2D eigenvalue weighted by Gasteiger charge is 2.36. The lowest BCUT2D eigenvalue weighted by Gasteiger charge is -2.42. The number of hydrogen-bond acceptors (Lipinski definition) is 6. The summed E-state index contributed by atoms with van der Waals surface area (Å²) in [5, 5.41) is 18.4. The average Bonchev–Trinajstić information content (AvgIpc) is 2.71. The molecule has 1 saturated heterocycles. The van der Waals surface area contributed by atoms with Crippen LogP contribution in [-0.2, 0) is 0 Å². The first kappa shape index (κ1) is 11.7. The first-order chi connectivity index (χ1) is 9.53. The third-order valence-corrected chi connectivity index (χ3v) is 4.09. The van der Waals surface area contributed by atoms with Crippen molar-refractivity contribution in [3.63, 3.8) is 0 Å². The maximum Gasteiger partial charge on any atom is 0.224 e. The van der Waals surface area contributed by atoms with Gasteiger partial charge in [-0.15, -0.1) is 0 Å². The van der Waals surface area contributed by atoms with E-state index in [-0.39, 0.29) is 12.0 Å². The van der Waals surface area contributed by atoms with E-state index in [1.807, 2.05) is 13.0 Å². The molecule has 104 valence electrons. The van der Waals surface area contributed by atoms with Gasteiger partial charge in [-0.1, -0.05) is 6.08 Å². The summed E-state index contributed by atoms with van der Waals surface area (Å²) in [6.07, 6.45) is 5.80. The number of nitrogens with zero attached hydrogens (tertiary/aromatic N) is 4. The highest BCUT2D eigenvalue weighted by Crippen LogP contribution is 2.37. The molecule has 2 atom stereocenters. The molecular formula is C13H16N6O. The molecule has 0 aliphatic carbocycles. The lowest BCUT2D eigenvalue weighted by Crippen LogP contribution is -2.51. The summed E-state index contributed by atoms with van der Waals surface area (Å²) in [6.45, 7) is 2.38. The van der Waals surface area contributed by atoms with Crippen LogP contribution in [0.4, 0.5) is 11.8 Å². The number of rotatable bonds is 0. The molecule has 4 N–H and O–H groups in total. The van der Waals surface area contributed by atoms with Crippen molar-refractivity contribution in [3.8, 4) is 0 Å². The maximum atomic E-state index is 10.4. The summed E-state index contributed by atoms with van der Waals surface area (Å²) in [5.74, 6) is 0.961. The predicted octanol–water partition coefficient (Wildman–Crippen LogP) is 0.682. The monoisotopic (exact) mass is 272 g/mol. The number of H-pyrrole nitrogens is 1. The Morgan fingerprint density at radius 2 is 2.35 bits per heavy atom. The SMILES string of the molecule is C[C@]1(O)CCC2C=Cc3[nH]nc4nc(N)nc(c34)N2C1. The van der Waals surface area contributed by atoms with Crippen molar-refractivity contribution in [2.75, 3.05) is 17.2 Å². The van der Waals surface area contributed by atoms with E-state index in [1.54, 1.807) is 0 Å². The molecule has 2 aromatic rings. The van der Waals surface area contributed by atoms with Gasteiger partial charge in [0.25, 0.3) is 0 Å². The number of aromatic nitrogens is 4. The summed E-state index contributed by atoms with van der Waals surface area (Å²) in [5.41, 5.74) is 6.53. The van der Waals surface area contributed by atoms with E-state index in [0.29, 0.717) is 12.2 Å². The van der Waals surface area contributed by atoms with Gasteiger partial charge in [-0.3, -0.25) is 5.10 Å². The Balaban J connectivity index is 1.96. The van der Waals surface area contributed by atoms with Gasteiger partial charge < -0.3 is 15.7 Å². The smallest absolute Gasteiger partial charge is 0.224 e. The van der Waals surface area contributed by atoms with Crippen LogP contribution in [0, 0.1) is 0 Å². The number of aromatic amines is 1. The summed E-state index contributed by atoms with van der Waals surface area (Å²) in [6, 6.07) is 0.216. The van der Waals surface area contributed by atoms with Gasteiger partial charge in [-0.25, -0.2) is 0 Å². The van der Waals surface area contributed by atoms with Crippen LogP contribution in [0.5, 0.6) is 0 Å². The Hall–Kier alpha value is -2.15. The Kier molecular flexibility index (Phi) is 2.15. The second-order valence-electron chi connectivity index (χ2n) is 5.83. The number of nitrogens with one attached hydrogen (secondary N) is 1. The number of piperidine rings is 1. The second kappa shape index (κ2) is 3.69. The fourth-order valence-corrected chi connectivity index (χ4v) is 3.09. The molecule has 7 heteroatoms. The van der Waals surface area contributed by atoms with Gasteiger partial charge in [0, 0.05) is 12.6 Å². The molecule has 2 aromatic heterocycles. The van der Waals surface area contributed by atoms with Gasteiger partial charge in [-0.05, 0) is 25.8 Å². The quantitative estimate of drug-likeness (QED) is 0.651. The molecule has 0 aromatic carbocycles. The van der Waals surface area contributed by atoms with E-state index in [4.69, 9.17) is 5.73 Å². The fourth-order valence-electron chi connectivity index (χ4n) is 3.09. The fraction of sp³-hybridized carbons (Fsp3) is 0.462. The molecule has 1 unspecified atom stereocenters. The zero-order valence-electron chi connectivity index (χ0n) is 11.2. The molecule has 0 radical (unpaired) electrons. The van der Waals surface area contributed by atoms with Gasteiger partial charge in [-0.2, -0.15) is 15.1 Å². The van der Waals surface area contributed by atoms with Crippen molar-refractivity contribution in [2.24, 2.45) is 0 Å². The topological polar surface area (TPSA) is 104 Å². The highest BCUT2D eigenvalue weighted by atomic mass is 16.3. The van der Waals surface area contributed by atoms with Crippen molar-refractivity contribution in [1.82, 2.24) is 20.2 Å². The van der Waals surface area contributed by atoms with E-state index in [2.05, 4.69) is 31.1 Å². The minimum absolute atomic E-state index is 0.205. The molecule has 2 aliphatic rings. The van der Waals surface area contributed by atoms with Gasteiger partial charge in [0.05, 0.1) is 16.7 Å². The molecule has 4 heterocycles. The molecule has 0 bridgehead atoms. The van der Waals surface area contributed by atoms with Crippen molar-refractivity contribution in [2.45, 2.75) is 31.4 Å². The number of nitrogen functional groups attached to an aromatic ring is 1. The molecule has 0 spiro atoms. The molecule has 0 amide bonds. The van der Waals surface area contributed by atoms with Crippen molar-refractivity contribution < 1.29 is 5.11 Å².